The summed E-state index contributed by atoms with van der Waals surface area (Å²) in [6.45, 7) is 3.72. The van der Waals surface area contributed by atoms with Gasteiger partial charge in [-0.05, 0) is 44.2 Å². The molecule has 116 valence electrons. The van der Waals surface area contributed by atoms with Crippen LogP contribution in [-0.2, 0) is 15.9 Å². The molecule has 0 radical (unpaired) electrons. The van der Waals surface area contributed by atoms with Gasteiger partial charge in [-0.1, -0.05) is 24.6 Å². The van der Waals surface area contributed by atoms with E-state index in [0.717, 1.165) is 26.1 Å². The fourth-order valence-corrected chi connectivity index (χ4v) is 3.92. The zero-order chi connectivity index (χ0) is 14.7. The molecule has 2 saturated carbocycles. The molecule has 2 aliphatic carbocycles. The van der Waals surface area contributed by atoms with E-state index in [1.807, 2.05) is 0 Å². The monoisotopic (exact) mass is 289 g/mol. The van der Waals surface area contributed by atoms with Crippen LogP contribution in [0.3, 0.4) is 0 Å². The number of nitrogens with one attached hydrogen (secondary N) is 1. The van der Waals surface area contributed by atoms with Crippen LogP contribution in [0.5, 0.6) is 0 Å². The third-order valence-corrected chi connectivity index (χ3v) is 5.36. The normalized spacial score (nSPS) is 26.2. The van der Waals surface area contributed by atoms with Crippen LogP contribution in [0.25, 0.3) is 0 Å². The SMILES string of the molecule is CCOC1CC(Nc2ccccc2CCOC)C12CCC2. The second-order valence-electron chi connectivity index (χ2n) is 6.36. The molecule has 2 fully saturated rings. The van der Waals surface area contributed by atoms with Crippen LogP contribution in [0.1, 0.15) is 38.2 Å². The Morgan fingerprint density at radius 3 is 2.76 bits per heavy atom. The Kier molecular flexibility index (Phi) is 4.51. The van der Waals surface area contributed by atoms with E-state index in [-0.39, 0.29) is 0 Å². The first-order chi connectivity index (χ1) is 10.3. The lowest BCUT2D eigenvalue weighted by molar-refractivity contribution is -0.157. The summed E-state index contributed by atoms with van der Waals surface area (Å²) in [7, 11) is 1.76. The minimum Gasteiger partial charge on any atom is -0.384 e. The van der Waals surface area contributed by atoms with Crippen molar-refractivity contribution in [1.82, 2.24) is 0 Å². The van der Waals surface area contributed by atoms with Gasteiger partial charge in [0.1, 0.15) is 0 Å². The van der Waals surface area contributed by atoms with Gasteiger partial charge >= 0.3 is 0 Å². The van der Waals surface area contributed by atoms with Crippen LogP contribution in [0.4, 0.5) is 5.69 Å². The van der Waals surface area contributed by atoms with Crippen molar-refractivity contribution in [2.24, 2.45) is 5.41 Å². The molecule has 1 N–H and O–H groups in total. The predicted molar refractivity (Wildman–Crippen MR) is 85.7 cm³/mol. The third kappa shape index (κ3) is 2.69. The molecule has 0 bridgehead atoms. The number of ether oxygens (including phenoxy) is 2. The molecule has 3 nitrogen and oxygen atoms in total. The summed E-state index contributed by atoms with van der Waals surface area (Å²) < 4.78 is 11.2. The summed E-state index contributed by atoms with van der Waals surface area (Å²) in [6.07, 6.45) is 6.57. The second-order valence-corrected chi connectivity index (χ2v) is 6.36. The van der Waals surface area contributed by atoms with E-state index in [0.29, 0.717) is 17.6 Å². The molecule has 3 heteroatoms. The number of methoxy groups -OCH3 is 1. The lowest BCUT2D eigenvalue weighted by Gasteiger charge is -2.61. The van der Waals surface area contributed by atoms with Crippen LogP contribution in [-0.4, -0.2) is 32.5 Å². The Morgan fingerprint density at radius 1 is 1.29 bits per heavy atom. The summed E-state index contributed by atoms with van der Waals surface area (Å²) in [6, 6.07) is 9.20. The molecule has 0 amide bonds. The molecule has 1 aromatic carbocycles. The van der Waals surface area contributed by atoms with Crippen molar-refractivity contribution in [3.05, 3.63) is 29.8 Å². The summed E-state index contributed by atoms with van der Waals surface area (Å²) in [4.78, 5) is 0. The van der Waals surface area contributed by atoms with E-state index >= 15 is 0 Å². The van der Waals surface area contributed by atoms with Gasteiger partial charge in [0.05, 0.1) is 12.7 Å². The third-order valence-electron chi connectivity index (χ3n) is 5.36. The van der Waals surface area contributed by atoms with Gasteiger partial charge in [-0.25, -0.2) is 0 Å². The highest BCUT2D eigenvalue weighted by atomic mass is 16.5. The summed E-state index contributed by atoms with van der Waals surface area (Å²) in [5, 5.41) is 3.80. The van der Waals surface area contributed by atoms with Gasteiger partial charge in [-0.3, -0.25) is 0 Å². The van der Waals surface area contributed by atoms with Crippen molar-refractivity contribution in [3.63, 3.8) is 0 Å². The molecule has 0 aromatic heterocycles. The van der Waals surface area contributed by atoms with Gasteiger partial charge in [-0.2, -0.15) is 0 Å². The molecule has 0 aliphatic heterocycles. The van der Waals surface area contributed by atoms with Crippen molar-refractivity contribution in [3.8, 4) is 0 Å². The highest BCUT2D eigenvalue weighted by molar-refractivity contribution is 5.53. The van der Waals surface area contributed by atoms with Crippen molar-refractivity contribution < 1.29 is 9.47 Å². The van der Waals surface area contributed by atoms with E-state index in [9.17, 15) is 0 Å². The average molecular weight is 289 g/mol. The van der Waals surface area contributed by atoms with E-state index < -0.39 is 0 Å². The lowest BCUT2D eigenvalue weighted by Crippen LogP contribution is -2.64. The van der Waals surface area contributed by atoms with Gasteiger partial charge in [0.25, 0.3) is 0 Å². The zero-order valence-corrected chi connectivity index (χ0v) is 13.2. The number of hydrogen-bond donors (Lipinski definition) is 1. The summed E-state index contributed by atoms with van der Waals surface area (Å²) in [5.74, 6) is 0. The minimum atomic E-state index is 0.407. The Morgan fingerprint density at radius 2 is 2.10 bits per heavy atom. The molecule has 1 spiro atoms. The number of hydrogen-bond acceptors (Lipinski definition) is 3. The molecule has 21 heavy (non-hydrogen) atoms. The second kappa shape index (κ2) is 6.37. The number of rotatable bonds is 7. The first kappa shape index (κ1) is 14.9. The van der Waals surface area contributed by atoms with Gasteiger partial charge in [0.15, 0.2) is 0 Å². The number of anilines is 1. The average Bonchev–Trinajstić information content (AvgIpc) is 2.43. The quantitative estimate of drug-likeness (QED) is 0.831. The molecule has 2 aliphatic rings. The fourth-order valence-electron chi connectivity index (χ4n) is 3.92. The molecular weight excluding hydrogens is 262 g/mol. The Labute approximate surface area is 128 Å². The van der Waals surface area contributed by atoms with E-state index in [1.54, 1.807) is 7.11 Å². The van der Waals surface area contributed by atoms with Gasteiger partial charge in [0, 0.05) is 30.9 Å². The maximum Gasteiger partial charge on any atom is 0.0670 e. The fraction of sp³-hybridized carbons (Fsp3) is 0.667. The largest absolute Gasteiger partial charge is 0.384 e. The Bertz CT molecular complexity index is 470. The van der Waals surface area contributed by atoms with E-state index in [2.05, 4.69) is 36.5 Å². The highest BCUT2D eigenvalue weighted by Gasteiger charge is 2.58. The Balaban J connectivity index is 1.67. The van der Waals surface area contributed by atoms with Crippen LogP contribution in [0.2, 0.25) is 0 Å². The standard InChI is InChI=1S/C18H27NO2/c1-3-21-17-13-16(18(17)10-6-11-18)19-15-8-5-4-7-14(15)9-12-20-2/h4-5,7-8,16-17,19H,3,6,9-13H2,1-2H3. The first-order valence-corrected chi connectivity index (χ1v) is 8.25. The topological polar surface area (TPSA) is 30.5 Å². The van der Waals surface area contributed by atoms with Crippen molar-refractivity contribution >= 4 is 5.69 Å². The Hall–Kier alpha value is -1.06. The molecule has 3 rings (SSSR count). The van der Waals surface area contributed by atoms with Crippen molar-refractivity contribution in [2.45, 2.75) is 51.2 Å². The van der Waals surface area contributed by atoms with E-state index in [1.165, 1.54) is 30.5 Å². The predicted octanol–water partition coefficient (Wildman–Crippen LogP) is 3.64. The molecule has 0 heterocycles. The highest BCUT2D eigenvalue weighted by Crippen LogP contribution is 2.58. The lowest BCUT2D eigenvalue weighted by atomic mass is 9.51. The van der Waals surface area contributed by atoms with Gasteiger partial charge < -0.3 is 14.8 Å². The first-order valence-electron chi connectivity index (χ1n) is 8.25. The van der Waals surface area contributed by atoms with Gasteiger partial charge in [-0.15, -0.1) is 0 Å². The maximum atomic E-state index is 5.94. The minimum absolute atomic E-state index is 0.407. The molecule has 2 atom stereocenters. The summed E-state index contributed by atoms with van der Waals surface area (Å²) >= 11 is 0. The molecule has 1 aromatic rings. The van der Waals surface area contributed by atoms with Crippen molar-refractivity contribution in [2.75, 3.05) is 25.6 Å². The summed E-state index contributed by atoms with van der Waals surface area (Å²) in [5.41, 5.74) is 3.04. The van der Waals surface area contributed by atoms with Crippen LogP contribution in [0, 0.1) is 5.41 Å². The zero-order valence-electron chi connectivity index (χ0n) is 13.2. The smallest absolute Gasteiger partial charge is 0.0670 e. The number of para-hydroxylation sites is 1. The van der Waals surface area contributed by atoms with Crippen LogP contribution in [0.15, 0.2) is 24.3 Å². The van der Waals surface area contributed by atoms with Crippen LogP contribution >= 0.6 is 0 Å². The maximum absolute atomic E-state index is 5.94. The van der Waals surface area contributed by atoms with Crippen molar-refractivity contribution in [1.29, 1.82) is 0 Å². The van der Waals surface area contributed by atoms with Gasteiger partial charge in [0.2, 0.25) is 0 Å². The molecular formula is C18H27NO2. The van der Waals surface area contributed by atoms with Crippen LogP contribution < -0.4 is 5.32 Å². The van der Waals surface area contributed by atoms with E-state index in [4.69, 9.17) is 9.47 Å². The molecule has 0 saturated heterocycles. The molecule has 2 unspecified atom stereocenters. The number of benzene rings is 1.